The maximum absolute atomic E-state index is 12.6. The number of piperidine rings is 1. The van der Waals surface area contributed by atoms with Gasteiger partial charge in [0.15, 0.2) is 6.20 Å². The van der Waals surface area contributed by atoms with E-state index in [1.165, 1.54) is 16.7 Å². The van der Waals surface area contributed by atoms with Crippen LogP contribution in [-0.4, -0.2) is 52.1 Å². The normalized spacial score (nSPS) is 25.3. The van der Waals surface area contributed by atoms with Crippen molar-refractivity contribution in [3.8, 4) is 0 Å². The molecule has 0 aliphatic carbocycles. The number of primary amides is 1. The fourth-order valence-electron chi connectivity index (χ4n) is 4.61. The van der Waals surface area contributed by atoms with Gasteiger partial charge in [-0.25, -0.2) is 0 Å². The lowest BCUT2D eigenvalue weighted by atomic mass is 9.78. The first kappa shape index (κ1) is 18.9. The van der Waals surface area contributed by atoms with Crippen LogP contribution in [0.5, 0.6) is 0 Å². The average Bonchev–Trinajstić information content (AvgIpc) is 2.99. The van der Waals surface area contributed by atoms with Gasteiger partial charge in [-0.05, 0) is 24.1 Å². The molecule has 1 aromatic heterocycles. The van der Waals surface area contributed by atoms with Gasteiger partial charge in [0, 0.05) is 37.6 Å². The SMILES string of the molecule is CC(=O)N1CCC2C(/C=C/c3cccc[n+]3CC(N)=O)=C(C(=O)[O-])N3C(=O)[C@@H]1[C@@H]23. The molecule has 3 amide bonds. The summed E-state index contributed by atoms with van der Waals surface area (Å²) in [5, 5.41) is 11.8. The molecule has 150 valence electrons. The minimum atomic E-state index is -1.42. The van der Waals surface area contributed by atoms with Crippen LogP contribution in [0.3, 0.4) is 0 Å². The van der Waals surface area contributed by atoms with Gasteiger partial charge in [-0.15, -0.1) is 0 Å². The summed E-state index contributed by atoms with van der Waals surface area (Å²) in [4.78, 5) is 50.3. The third kappa shape index (κ3) is 2.89. The second kappa shape index (κ2) is 6.84. The molecule has 1 unspecified atom stereocenters. The Kier molecular flexibility index (Phi) is 4.45. The molecule has 9 nitrogen and oxygen atoms in total. The molecule has 0 saturated carbocycles. The average molecular weight is 396 g/mol. The minimum Gasteiger partial charge on any atom is -0.543 e. The first-order chi connectivity index (χ1) is 13.8. The lowest BCUT2D eigenvalue weighted by Gasteiger charge is -2.53. The predicted molar refractivity (Wildman–Crippen MR) is 96.8 cm³/mol. The standard InChI is InChI=1S/C20H20N4O5/c1-11(25)23-9-7-14-13(17(20(28)29)24-16(14)18(23)19(24)27)6-5-12-4-2-3-8-22(12)10-15(21)26/h2-6,8,14,16,18H,7,9-10H2,1H3,(H2-,21,26,28,29)/t14?,16-,18+/m1/s1. The molecular formula is C20H20N4O5. The minimum absolute atomic E-state index is 0.0147. The topological polar surface area (TPSA) is 128 Å². The monoisotopic (exact) mass is 396 g/mol. The number of hydrogen-bond acceptors (Lipinski definition) is 5. The second-order valence-electron chi connectivity index (χ2n) is 7.40. The van der Waals surface area contributed by atoms with E-state index < -0.39 is 17.9 Å². The number of β-lactam (4-membered cyclic amide) rings is 1. The molecule has 4 rings (SSSR count). The Labute approximate surface area is 166 Å². The van der Waals surface area contributed by atoms with E-state index in [9.17, 15) is 24.3 Å². The number of likely N-dealkylation sites (tertiary alicyclic amines) is 1. The number of pyridine rings is 1. The van der Waals surface area contributed by atoms with Crippen molar-refractivity contribution in [2.75, 3.05) is 6.54 Å². The zero-order chi connectivity index (χ0) is 20.9. The van der Waals surface area contributed by atoms with Gasteiger partial charge >= 0.3 is 0 Å². The number of rotatable bonds is 5. The molecule has 4 heterocycles. The summed E-state index contributed by atoms with van der Waals surface area (Å²) in [6.45, 7) is 1.79. The molecule has 2 fully saturated rings. The molecule has 0 radical (unpaired) electrons. The Morgan fingerprint density at radius 2 is 2.07 bits per heavy atom. The zero-order valence-electron chi connectivity index (χ0n) is 15.8. The molecule has 2 N–H and O–H groups in total. The van der Waals surface area contributed by atoms with Crippen molar-refractivity contribution in [2.24, 2.45) is 11.7 Å². The lowest BCUT2D eigenvalue weighted by Crippen LogP contribution is -2.73. The van der Waals surface area contributed by atoms with Gasteiger partial charge in [0.1, 0.15) is 6.04 Å². The Morgan fingerprint density at radius 1 is 1.31 bits per heavy atom. The highest BCUT2D eigenvalue weighted by Crippen LogP contribution is 2.49. The van der Waals surface area contributed by atoms with Gasteiger partial charge in [-0.2, -0.15) is 4.57 Å². The van der Waals surface area contributed by atoms with Crippen molar-refractivity contribution in [2.45, 2.75) is 32.0 Å². The molecule has 2 saturated heterocycles. The second-order valence-corrected chi connectivity index (χ2v) is 7.40. The summed E-state index contributed by atoms with van der Waals surface area (Å²) in [7, 11) is 0. The smallest absolute Gasteiger partial charge is 0.283 e. The van der Waals surface area contributed by atoms with Crippen LogP contribution in [0, 0.1) is 5.92 Å². The van der Waals surface area contributed by atoms with Gasteiger partial charge in [0.25, 0.3) is 11.8 Å². The Morgan fingerprint density at radius 3 is 2.72 bits per heavy atom. The number of hydrogen-bond donors (Lipinski definition) is 1. The molecule has 0 spiro atoms. The van der Waals surface area contributed by atoms with E-state index in [0.29, 0.717) is 24.2 Å². The number of nitrogens with two attached hydrogens (primary N) is 1. The summed E-state index contributed by atoms with van der Waals surface area (Å²) in [6, 6.07) is 4.32. The van der Waals surface area contributed by atoms with Crippen LogP contribution in [0.15, 0.2) is 41.7 Å². The third-order valence-electron chi connectivity index (χ3n) is 5.79. The van der Waals surface area contributed by atoms with Gasteiger partial charge in [-0.3, -0.25) is 14.4 Å². The van der Waals surface area contributed by atoms with Crippen LogP contribution in [0.1, 0.15) is 19.0 Å². The zero-order valence-corrected chi connectivity index (χ0v) is 15.8. The van der Waals surface area contributed by atoms with Crippen molar-refractivity contribution in [1.82, 2.24) is 9.80 Å². The summed E-state index contributed by atoms with van der Waals surface area (Å²) < 4.78 is 1.65. The summed E-state index contributed by atoms with van der Waals surface area (Å²) >= 11 is 0. The number of carboxylic acid groups (broad SMARTS) is 1. The quantitative estimate of drug-likeness (QED) is 0.452. The van der Waals surface area contributed by atoms with Crippen LogP contribution in [0.2, 0.25) is 0 Å². The van der Waals surface area contributed by atoms with E-state index in [4.69, 9.17) is 5.73 Å². The molecule has 3 atom stereocenters. The highest BCUT2D eigenvalue weighted by Gasteiger charge is 2.62. The number of carbonyl (C=O) groups excluding carboxylic acids is 4. The maximum Gasteiger partial charge on any atom is 0.283 e. The number of carboxylic acids is 1. The Balaban J connectivity index is 1.70. The van der Waals surface area contributed by atoms with Gasteiger partial charge in [0.2, 0.25) is 18.1 Å². The van der Waals surface area contributed by atoms with E-state index in [2.05, 4.69) is 0 Å². The van der Waals surface area contributed by atoms with Crippen molar-refractivity contribution in [3.05, 3.63) is 47.4 Å². The van der Waals surface area contributed by atoms with Crippen LogP contribution in [0.4, 0.5) is 0 Å². The van der Waals surface area contributed by atoms with Gasteiger partial charge < -0.3 is 25.4 Å². The number of amides is 3. The first-order valence-electron chi connectivity index (χ1n) is 9.32. The van der Waals surface area contributed by atoms with E-state index in [0.717, 1.165) is 0 Å². The fraction of sp³-hybridized carbons (Fsp3) is 0.350. The van der Waals surface area contributed by atoms with E-state index in [-0.39, 0.29) is 36.0 Å². The summed E-state index contributed by atoms with van der Waals surface area (Å²) in [5.74, 6) is -2.69. The van der Waals surface area contributed by atoms with Crippen molar-refractivity contribution in [1.29, 1.82) is 0 Å². The van der Waals surface area contributed by atoms with Crippen molar-refractivity contribution >= 4 is 29.8 Å². The number of aliphatic carboxylic acids is 1. The first-order valence-corrected chi connectivity index (χ1v) is 9.32. The van der Waals surface area contributed by atoms with Gasteiger partial charge in [-0.1, -0.05) is 0 Å². The van der Waals surface area contributed by atoms with Crippen LogP contribution in [0.25, 0.3) is 6.08 Å². The maximum atomic E-state index is 12.6. The van der Waals surface area contributed by atoms with Gasteiger partial charge in [0.05, 0.1) is 17.7 Å². The number of carbonyl (C=O) groups is 4. The number of aromatic nitrogens is 1. The summed E-state index contributed by atoms with van der Waals surface area (Å²) in [6.07, 6.45) is 5.61. The van der Waals surface area contributed by atoms with Crippen LogP contribution >= 0.6 is 0 Å². The van der Waals surface area contributed by atoms with E-state index >= 15 is 0 Å². The van der Waals surface area contributed by atoms with Crippen molar-refractivity contribution < 1.29 is 28.9 Å². The van der Waals surface area contributed by atoms with Crippen LogP contribution in [-0.2, 0) is 25.7 Å². The molecule has 1 aromatic rings. The Bertz CT molecular complexity index is 998. The highest BCUT2D eigenvalue weighted by atomic mass is 16.4. The molecular weight excluding hydrogens is 376 g/mol. The highest BCUT2D eigenvalue weighted by molar-refractivity contribution is 6.03. The lowest BCUT2D eigenvalue weighted by molar-refractivity contribution is -0.686. The Hall–Kier alpha value is -3.49. The molecule has 9 heteroatoms. The molecule has 3 aliphatic heterocycles. The predicted octanol–water partition coefficient (Wildman–Crippen LogP) is -2.06. The third-order valence-corrected chi connectivity index (χ3v) is 5.79. The largest absolute Gasteiger partial charge is 0.543 e. The van der Waals surface area contributed by atoms with Crippen LogP contribution < -0.4 is 15.4 Å². The molecule has 3 aliphatic rings. The van der Waals surface area contributed by atoms with E-state index in [1.54, 1.807) is 41.1 Å². The number of nitrogens with zero attached hydrogens (tertiary/aromatic N) is 3. The molecule has 29 heavy (non-hydrogen) atoms. The number of allylic oxidation sites excluding steroid dienone is 1. The fourth-order valence-corrected chi connectivity index (χ4v) is 4.61. The molecule has 0 bridgehead atoms. The van der Waals surface area contributed by atoms with Crippen molar-refractivity contribution in [3.63, 3.8) is 0 Å². The van der Waals surface area contributed by atoms with E-state index in [1.807, 2.05) is 0 Å². The molecule has 0 aromatic carbocycles. The summed E-state index contributed by atoms with van der Waals surface area (Å²) in [5.41, 5.74) is 6.31.